The molecule has 2 unspecified atom stereocenters. The molecule has 0 aromatic heterocycles. The summed E-state index contributed by atoms with van der Waals surface area (Å²) in [5, 5.41) is 6.31. The molecular formula is C27H25ClFN3O2S. The quantitative estimate of drug-likeness (QED) is 0.529. The highest BCUT2D eigenvalue weighted by molar-refractivity contribution is 7.99. The normalized spacial score (nSPS) is 21.1. The third-order valence-electron chi connectivity index (χ3n) is 6.63. The van der Waals surface area contributed by atoms with Crippen molar-refractivity contribution in [2.24, 2.45) is 5.92 Å². The van der Waals surface area contributed by atoms with Crippen LogP contribution < -0.4 is 10.6 Å². The second kappa shape index (κ2) is 9.91. The summed E-state index contributed by atoms with van der Waals surface area (Å²) in [6, 6.07) is 8.93. The van der Waals surface area contributed by atoms with E-state index >= 15 is 0 Å². The van der Waals surface area contributed by atoms with Crippen LogP contribution in [0.5, 0.6) is 0 Å². The Balaban J connectivity index is 1.39. The van der Waals surface area contributed by atoms with E-state index in [4.69, 9.17) is 11.6 Å². The Morgan fingerprint density at radius 2 is 2.03 bits per heavy atom. The number of fused-ring (bicyclic) bond motifs is 3. The van der Waals surface area contributed by atoms with E-state index in [0.29, 0.717) is 23.2 Å². The summed E-state index contributed by atoms with van der Waals surface area (Å²) in [6.07, 6.45) is 8.77. The third-order valence-corrected chi connectivity index (χ3v) is 7.91. The van der Waals surface area contributed by atoms with E-state index in [1.54, 1.807) is 31.2 Å². The van der Waals surface area contributed by atoms with Gasteiger partial charge in [-0.15, -0.1) is 0 Å². The molecule has 1 amide bonds. The number of carbonyl (C=O) groups excluding carboxylic acids is 2. The van der Waals surface area contributed by atoms with Gasteiger partial charge in [0, 0.05) is 53.0 Å². The smallest absolute Gasteiger partial charge is 0.256 e. The second-order valence-corrected chi connectivity index (χ2v) is 10.4. The van der Waals surface area contributed by atoms with E-state index in [0.717, 1.165) is 23.6 Å². The number of hydrogen-bond acceptors (Lipinski definition) is 5. The van der Waals surface area contributed by atoms with Gasteiger partial charge >= 0.3 is 0 Å². The Labute approximate surface area is 213 Å². The Hall–Kier alpha value is -3.03. The fourth-order valence-electron chi connectivity index (χ4n) is 4.86. The lowest BCUT2D eigenvalue weighted by molar-refractivity contribution is 0.0850. The van der Waals surface area contributed by atoms with Crippen LogP contribution in [0.2, 0.25) is 5.02 Å². The number of hydrogen-bond donors (Lipinski definition) is 2. The van der Waals surface area contributed by atoms with Crippen LogP contribution in [-0.4, -0.2) is 40.7 Å². The first-order valence-electron chi connectivity index (χ1n) is 11.5. The molecule has 1 fully saturated rings. The highest BCUT2D eigenvalue weighted by atomic mass is 35.5. The van der Waals surface area contributed by atoms with Crippen molar-refractivity contribution in [3.05, 3.63) is 99.8 Å². The predicted octanol–water partition coefficient (Wildman–Crippen LogP) is 5.54. The fourth-order valence-corrected chi connectivity index (χ4v) is 6.07. The topological polar surface area (TPSA) is 61.4 Å². The minimum absolute atomic E-state index is 0.0198. The van der Waals surface area contributed by atoms with Gasteiger partial charge in [0.05, 0.1) is 17.0 Å². The number of halogens is 2. The number of allylic oxidation sites excluding steroid dienone is 1. The van der Waals surface area contributed by atoms with Gasteiger partial charge in [-0.05, 0) is 54.8 Å². The molecule has 2 aromatic rings. The van der Waals surface area contributed by atoms with Gasteiger partial charge in [-0.3, -0.25) is 9.59 Å². The Morgan fingerprint density at radius 3 is 2.86 bits per heavy atom. The van der Waals surface area contributed by atoms with Crippen LogP contribution >= 0.6 is 23.4 Å². The van der Waals surface area contributed by atoms with E-state index in [-0.39, 0.29) is 28.3 Å². The van der Waals surface area contributed by atoms with E-state index in [1.165, 1.54) is 17.8 Å². The van der Waals surface area contributed by atoms with Crippen LogP contribution in [0.1, 0.15) is 32.7 Å². The summed E-state index contributed by atoms with van der Waals surface area (Å²) in [4.78, 5) is 28.8. The number of amides is 1. The van der Waals surface area contributed by atoms with Crippen molar-refractivity contribution in [2.75, 3.05) is 23.4 Å². The maximum atomic E-state index is 13.8. The number of ketones is 1. The van der Waals surface area contributed by atoms with Crippen LogP contribution in [0.25, 0.3) is 0 Å². The Bertz CT molecular complexity index is 1290. The number of thioether (sulfide) groups is 1. The number of benzene rings is 2. The van der Waals surface area contributed by atoms with Crippen LogP contribution in [0.4, 0.5) is 10.1 Å². The number of nitrogens with zero attached hydrogens (tertiary/aromatic N) is 1. The largest absolute Gasteiger partial charge is 0.366 e. The minimum Gasteiger partial charge on any atom is -0.366 e. The molecule has 180 valence electrons. The predicted molar refractivity (Wildman–Crippen MR) is 139 cm³/mol. The van der Waals surface area contributed by atoms with Crippen molar-refractivity contribution in [2.45, 2.75) is 19.4 Å². The molecule has 5 rings (SSSR count). The summed E-state index contributed by atoms with van der Waals surface area (Å²) < 4.78 is 13.6. The van der Waals surface area contributed by atoms with E-state index in [9.17, 15) is 14.0 Å². The first kappa shape index (κ1) is 23.7. The molecule has 5 nitrogen and oxygen atoms in total. The first-order chi connectivity index (χ1) is 16.9. The molecule has 0 spiro atoms. The summed E-state index contributed by atoms with van der Waals surface area (Å²) in [7, 11) is 0. The lowest BCUT2D eigenvalue weighted by Crippen LogP contribution is -2.47. The van der Waals surface area contributed by atoms with Gasteiger partial charge in [0.1, 0.15) is 5.82 Å². The minimum atomic E-state index is -0.478. The number of Topliss-reactive ketones (excluding diaryl/α,β-unsaturated/α-hetero) is 1. The SMILES string of the molecule is Cc1ccc(F)cc1C(=O)Nc1ccc(C(=O)C2CC=CC3=CNC=C4CSCCN4C32)c(Cl)c1. The lowest BCUT2D eigenvalue weighted by atomic mass is 9.79. The molecule has 2 heterocycles. The summed E-state index contributed by atoms with van der Waals surface area (Å²) in [6.45, 7) is 2.63. The van der Waals surface area contributed by atoms with Crippen LogP contribution in [-0.2, 0) is 0 Å². The van der Waals surface area contributed by atoms with Crippen molar-refractivity contribution in [1.82, 2.24) is 10.2 Å². The Morgan fingerprint density at radius 1 is 1.17 bits per heavy atom. The average molecular weight is 510 g/mol. The van der Waals surface area contributed by atoms with E-state index < -0.39 is 11.7 Å². The van der Waals surface area contributed by atoms with Gasteiger partial charge in [-0.25, -0.2) is 4.39 Å². The number of aryl methyl sites for hydroxylation is 1. The van der Waals surface area contributed by atoms with Crippen LogP contribution in [0.3, 0.4) is 0 Å². The highest BCUT2D eigenvalue weighted by Gasteiger charge is 2.39. The molecule has 0 radical (unpaired) electrons. The van der Waals surface area contributed by atoms with Crippen molar-refractivity contribution in [3.8, 4) is 0 Å². The Kier molecular flexibility index (Phi) is 6.71. The number of nitrogens with one attached hydrogen (secondary N) is 2. The zero-order chi connectivity index (χ0) is 24.5. The summed E-state index contributed by atoms with van der Waals surface area (Å²) >= 11 is 8.46. The van der Waals surface area contributed by atoms with Crippen molar-refractivity contribution in [3.63, 3.8) is 0 Å². The molecule has 1 aliphatic carbocycles. The standard InChI is InChI=1S/C27H25ClFN3O2S/c1-16-5-6-18(29)11-23(16)27(34)31-19-7-8-21(24(28)12-19)26(33)22-4-2-3-17-13-30-14-20-15-35-10-9-32(20)25(17)22/h2-3,5-8,11-14,22,25,30H,4,9-10,15H2,1H3,(H,31,34). The van der Waals surface area contributed by atoms with Gasteiger partial charge < -0.3 is 15.5 Å². The van der Waals surface area contributed by atoms with Crippen molar-refractivity contribution < 1.29 is 14.0 Å². The summed E-state index contributed by atoms with van der Waals surface area (Å²) in [5.74, 6) is 0.728. The number of anilines is 1. The molecular weight excluding hydrogens is 485 g/mol. The third kappa shape index (κ3) is 4.75. The zero-order valence-electron chi connectivity index (χ0n) is 19.2. The number of rotatable bonds is 4. The summed E-state index contributed by atoms with van der Waals surface area (Å²) in [5.41, 5.74) is 4.07. The second-order valence-electron chi connectivity index (χ2n) is 8.85. The first-order valence-corrected chi connectivity index (χ1v) is 13.0. The van der Waals surface area contributed by atoms with E-state index in [1.807, 2.05) is 30.2 Å². The molecule has 0 bridgehead atoms. The zero-order valence-corrected chi connectivity index (χ0v) is 20.8. The molecule has 2 aliphatic heterocycles. The average Bonchev–Trinajstić information content (AvgIpc) is 3.04. The molecule has 0 saturated carbocycles. The van der Waals surface area contributed by atoms with Gasteiger partial charge in [0.15, 0.2) is 5.78 Å². The lowest BCUT2D eigenvalue weighted by Gasteiger charge is -2.42. The van der Waals surface area contributed by atoms with Crippen molar-refractivity contribution in [1.29, 1.82) is 0 Å². The van der Waals surface area contributed by atoms with E-state index in [2.05, 4.69) is 21.6 Å². The van der Waals surface area contributed by atoms with Crippen molar-refractivity contribution >= 4 is 40.7 Å². The molecule has 2 N–H and O–H groups in total. The van der Waals surface area contributed by atoms with Gasteiger partial charge in [0.25, 0.3) is 5.91 Å². The van der Waals surface area contributed by atoms with Gasteiger partial charge in [-0.1, -0.05) is 29.8 Å². The monoisotopic (exact) mass is 509 g/mol. The van der Waals surface area contributed by atoms with Crippen LogP contribution in [0.15, 0.2) is 72.2 Å². The molecule has 3 aliphatic rings. The molecule has 35 heavy (non-hydrogen) atoms. The fraction of sp³-hybridized carbons (Fsp3) is 0.259. The molecule has 2 aromatic carbocycles. The van der Waals surface area contributed by atoms with Gasteiger partial charge in [-0.2, -0.15) is 11.8 Å². The molecule has 2 atom stereocenters. The van der Waals surface area contributed by atoms with Gasteiger partial charge in [0.2, 0.25) is 0 Å². The van der Waals surface area contributed by atoms with Crippen LogP contribution in [0, 0.1) is 18.7 Å². The molecule has 1 saturated heterocycles. The maximum Gasteiger partial charge on any atom is 0.256 e. The molecule has 8 heteroatoms. The number of carbonyl (C=O) groups is 2. The highest BCUT2D eigenvalue weighted by Crippen LogP contribution is 2.37. The maximum absolute atomic E-state index is 13.8.